The van der Waals surface area contributed by atoms with Crippen LogP contribution in [0.25, 0.3) is 0 Å². The van der Waals surface area contributed by atoms with E-state index in [0.29, 0.717) is 0 Å². The van der Waals surface area contributed by atoms with E-state index in [1.54, 1.807) is 0 Å². The van der Waals surface area contributed by atoms with Gasteiger partial charge in [0.1, 0.15) is 0 Å². The molecule has 1 fully saturated rings. The van der Waals surface area contributed by atoms with Crippen molar-refractivity contribution in [3.8, 4) is 0 Å². The molecule has 30 heavy (non-hydrogen) atoms. The molecule has 0 radical (unpaired) electrons. The molecular weight excluding hydrogens is 366 g/mol. The highest BCUT2D eigenvalue weighted by molar-refractivity contribution is 5.64. The van der Waals surface area contributed by atoms with Gasteiger partial charge in [-0.15, -0.1) is 0 Å². The van der Waals surface area contributed by atoms with E-state index in [2.05, 4.69) is 108 Å². The summed E-state index contributed by atoms with van der Waals surface area (Å²) in [5.74, 6) is 0. The summed E-state index contributed by atoms with van der Waals surface area (Å²) in [6, 6.07) is 26.6. The van der Waals surface area contributed by atoms with Crippen molar-refractivity contribution in [1.29, 1.82) is 0 Å². The van der Waals surface area contributed by atoms with E-state index < -0.39 is 0 Å². The van der Waals surface area contributed by atoms with Gasteiger partial charge in [-0.05, 0) is 54.2 Å². The Kier molecular flexibility index (Phi) is 6.27. The van der Waals surface area contributed by atoms with Crippen LogP contribution < -0.4 is 14.7 Å². The third-order valence-electron chi connectivity index (χ3n) is 6.16. The minimum Gasteiger partial charge on any atom is -0.336 e. The number of para-hydroxylation sites is 3. The Bertz CT molecular complexity index is 848. The molecule has 0 atom stereocenters. The van der Waals surface area contributed by atoms with Crippen molar-refractivity contribution >= 4 is 17.1 Å². The SMILES string of the molecule is CCc1ccccc1N1CN(c2ccccc2CC)CN(c2ccccc2CC)C1. The summed E-state index contributed by atoms with van der Waals surface area (Å²) >= 11 is 0. The maximum absolute atomic E-state index is 2.53. The van der Waals surface area contributed by atoms with Crippen LogP contribution in [0, 0.1) is 0 Å². The third-order valence-corrected chi connectivity index (χ3v) is 6.16. The topological polar surface area (TPSA) is 9.72 Å². The van der Waals surface area contributed by atoms with Crippen molar-refractivity contribution in [2.24, 2.45) is 0 Å². The van der Waals surface area contributed by atoms with Gasteiger partial charge in [-0.2, -0.15) is 0 Å². The predicted molar refractivity (Wildman–Crippen MR) is 129 cm³/mol. The molecule has 3 aromatic rings. The van der Waals surface area contributed by atoms with Gasteiger partial charge in [-0.25, -0.2) is 0 Å². The molecule has 0 spiro atoms. The highest BCUT2D eigenvalue weighted by atomic mass is 15.5. The standard InChI is InChI=1S/C27H33N3/c1-4-22-13-7-10-16-25(22)28-19-29(26-17-11-8-14-23(26)5-2)21-30(20-28)27-18-12-9-15-24(27)6-3/h7-18H,4-6,19-21H2,1-3H3. The van der Waals surface area contributed by atoms with Crippen molar-refractivity contribution in [3.05, 3.63) is 89.5 Å². The lowest BCUT2D eigenvalue weighted by Crippen LogP contribution is -2.56. The minimum absolute atomic E-state index is 0.902. The van der Waals surface area contributed by atoms with Crippen LogP contribution in [-0.4, -0.2) is 20.0 Å². The molecule has 1 saturated heterocycles. The van der Waals surface area contributed by atoms with E-state index in [0.717, 1.165) is 39.3 Å². The van der Waals surface area contributed by atoms with E-state index in [9.17, 15) is 0 Å². The molecule has 0 unspecified atom stereocenters. The molecular formula is C27H33N3. The van der Waals surface area contributed by atoms with Crippen LogP contribution in [0.3, 0.4) is 0 Å². The summed E-state index contributed by atoms with van der Waals surface area (Å²) in [5, 5.41) is 0. The fourth-order valence-electron chi connectivity index (χ4n) is 4.56. The number of nitrogens with zero attached hydrogens (tertiary/aromatic N) is 3. The van der Waals surface area contributed by atoms with Gasteiger partial charge in [-0.1, -0.05) is 75.4 Å². The highest BCUT2D eigenvalue weighted by Gasteiger charge is 2.27. The maximum atomic E-state index is 2.53. The lowest BCUT2D eigenvalue weighted by Gasteiger charge is -2.46. The summed E-state index contributed by atoms with van der Waals surface area (Å²) in [4.78, 5) is 7.59. The van der Waals surface area contributed by atoms with Crippen LogP contribution in [0.15, 0.2) is 72.8 Å². The first-order valence-electron chi connectivity index (χ1n) is 11.2. The first-order chi connectivity index (χ1) is 14.7. The second-order valence-corrected chi connectivity index (χ2v) is 7.99. The van der Waals surface area contributed by atoms with Crippen molar-refractivity contribution in [1.82, 2.24) is 0 Å². The molecule has 1 aliphatic rings. The Morgan fingerprint density at radius 1 is 0.467 bits per heavy atom. The molecule has 0 N–H and O–H groups in total. The maximum Gasteiger partial charge on any atom is 0.0937 e. The normalized spacial score (nSPS) is 14.3. The van der Waals surface area contributed by atoms with Crippen LogP contribution in [0.4, 0.5) is 17.1 Å². The summed E-state index contributed by atoms with van der Waals surface area (Å²) < 4.78 is 0. The largest absolute Gasteiger partial charge is 0.336 e. The van der Waals surface area contributed by atoms with Gasteiger partial charge in [0.25, 0.3) is 0 Å². The molecule has 0 saturated carbocycles. The zero-order valence-electron chi connectivity index (χ0n) is 18.5. The van der Waals surface area contributed by atoms with Crippen molar-refractivity contribution in [2.75, 3.05) is 34.7 Å². The van der Waals surface area contributed by atoms with Gasteiger partial charge in [0.2, 0.25) is 0 Å². The number of rotatable bonds is 6. The van der Waals surface area contributed by atoms with E-state index in [1.807, 2.05) is 0 Å². The average Bonchev–Trinajstić information content (AvgIpc) is 2.83. The molecule has 156 valence electrons. The number of hydrogen-bond acceptors (Lipinski definition) is 3. The minimum atomic E-state index is 0.902. The van der Waals surface area contributed by atoms with Gasteiger partial charge in [0.05, 0.1) is 20.0 Å². The van der Waals surface area contributed by atoms with Crippen molar-refractivity contribution in [2.45, 2.75) is 40.0 Å². The summed E-state index contributed by atoms with van der Waals surface area (Å²) in [6.07, 6.45) is 3.14. The lowest BCUT2D eigenvalue weighted by molar-refractivity contribution is 0.606. The summed E-state index contributed by atoms with van der Waals surface area (Å²) in [7, 11) is 0. The molecule has 3 heteroatoms. The second kappa shape index (κ2) is 9.25. The Morgan fingerprint density at radius 2 is 0.733 bits per heavy atom. The van der Waals surface area contributed by atoms with Crippen molar-refractivity contribution in [3.63, 3.8) is 0 Å². The number of hydrogen-bond donors (Lipinski definition) is 0. The molecule has 0 amide bonds. The molecule has 0 aromatic heterocycles. The molecule has 1 aliphatic heterocycles. The van der Waals surface area contributed by atoms with E-state index >= 15 is 0 Å². The van der Waals surface area contributed by atoms with Crippen LogP contribution in [0.5, 0.6) is 0 Å². The molecule has 3 aromatic carbocycles. The Morgan fingerprint density at radius 3 is 1.00 bits per heavy atom. The Hall–Kier alpha value is -2.94. The zero-order chi connectivity index (χ0) is 20.9. The van der Waals surface area contributed by atoms with Gasteiger partial charge in [0.15, 0.2) is 0 Å². The van der Waals surface area contributed by atoms with Crippen molar-refractivity contribution < 1.29 is 0 Å². The smallest absolute Gasteiger partial charge is 0.0937 e. The first kappa shape index (κ1) is 20.3. The van der Waals surface area contributed by atoms with Gasteiger partial charge in [-0.3, -0.25) is 0 Å². The fourth-order valence-corrected chi connectivity index (χ4v) is 4.56. The van der Waals surface area contributed by atoms with Gasteiger partial charge in [0, 0.05) is 17.1 Å². The summed E-state index contributed by atoms with van der Waals surface area (Å²) in [5.41, 5.74) is 8.26. The van der Waals surface area contributed by atoms with Gasteiger partial charge >= 0.3 is 0 Å². The summed E-state index contributed by atoms with van der Waals surface area (Å²) in [6.45, 7) is 9.45. The second-order valence-electron chi connectivity index (χ2n) is 7.99. The lowest BCUT2D eigenvalue weighted by atomic mass is 10.1. The zero-order valence-corrected chi connectivity index (χ0v) is 18.5. The highest BCUT2D eigenvalue weighted by Crippen LogP contribution is 2.31. The van der Waals surface area contributed by atoms with Crippen LogP contribution in [0.2, 0.25) is 0 Å². The monoisotopic (exact) mass is 399 g/mol. The van der Waals surface area contributed by atoms with E-state index in [4.69, 9.17) is 0 Å². The van der Waals surface area contributed by atoms with Crippen LogP contribution >= 0.6 is 0 Å². The molecule has 0 bridgehead atoms. The fraction of sp³-hybridized carbons (Fsp3) is 0.333. The third kappa shape index (κ3) is 4.02. The van der Waals surface area contributed by atoms with Crippen LogP contribution in [-0.2, 0) is 19.3 Å². The van der Waals surface area contributed by atoms with E-state index in [1.165, 1.54) is 33.8 Å². The molecule has 1 heterocycles. The first-order valence-corrected chi connectivity index (χ1v) is 11.2. The van der Waals surface area contributed by atoms with Gasteiger partial charge < -0.3 is 14.7 Å². The Balaban J connectivity index is 1.76. The predicted octanol–water partition coefficient (Wildman–Crippen LogP) is 6.08. The molecule has 4 rings (SSSR count). The number of aryl methyl sites for hydroxylation is 3. The number of benzene rings is 3. The average molecular weight is 400 g/mol. The van der Waals surface area contributed by atoms with Crippen LogP contribution in [0.1, 0.15) is 37.5 Å². The van der Waals surface area contributed by atoms with E-state index in [-0.39, 0.29) is 0 Å². The quantitative estimate of drug-likeness (QED) is 0.497. The number of anilines is 3. The molecule has 0 aliphatic carbocycles. The Labute approximate surface area is 181 Å². The molecule has 3 nitrogen and oxygen atoms in total.